The van der Waals surface area contributed by atoms with Gasteiger partial charge in [-0.05, 0) is 31.0 Å². The van der Waals surface area contributed by atoms with Crippen LogP contribution in [0.4, 0.5) is 11.6 Å². The quantitative estimate of drug-likeness (QED) is 0.741. The standard InChI is InChI=1S/C19H26N4O3/c1-5-11-23(12-6-2)19-20-10-9-16(22-19)18(24)21-15-8-7-14(25-3)13-17(15)26-4/h7-10,13H,5-6,11-12H2,1-4H3,(H,21,24). The highest BCUT2D eigenvalue weighted by Crippen LogP contribution is 2.29. The molecule has 0 spiro atoms. The number of hydrogen-bond donors (Lipinski definition) is 1. The molecule has 2 rings (SSSR count). The molecule has 7 nitrogen and oxygen atoms in total. The molecule has 0 unspecified atom stereocenters. The zero-order chi connectivity index (χ0) is 18.9. The normalized spacial score (nSPS) is 10.3. The van der Waals surface area contributed by atoms with Gasteiger partial charge in [-0.2, -0.15) is 0 Å². The molecule has 1 heterocycles. The number of aromatic nitrogens is 2. The number of benzene rings is 1. The maximum Gasteiger partial charge on any atom is 0.274 e. The minimum atomic E-state index is -0.315. The highest BCUT2D eigenvalue weighted by Gasteiger charge is 2.15. The van der Waals surface area contributed by atoms with Crippen LogP contribution in [-0.4, -0.2) is 43.2 Å². The van der Waals surface area contributed by atoms with E-state index in [4.69, 9.17) is 9.47 Å². The highest BCUT2D eigenvalue weighted by atomic mass is 16.5. The molecule has 1 aromatic carbocycles. The van der Waals surface area contributed by atoms with Crippen molar-refractivity contribution in [3.8, 4) is 11.5 Å². The Morgan fingerprint density at radius 2 is 1.85 bits per heavy atom. The average Bonchev–Trinajstić information content (AvgIpc) is 2.68. The van der Waals surface area contributed by atoms with Gasteiger partial charge in [0.25, 0.3) is 5.91 Å². The van der Waals surface area contributed by atoms with Crippen LogP contribution < -0.4 is 19.7 Å². The van der Waals surface area contributed by atoms with Crippen LogP contribution in [0.3, 0.4) is 0 Å². The zero-order valence-electron chi connectivity index (χ0n) is 15.8. The molecule has 0 bridgehead atoms. The van der Waals surface area contributed by atoms with Gasteiger partial charge in [0.05, 0.1) is 19.9 Å². The zero-order valence-corrected chi connectivity index (χ0v) is 15.8. The lowest BCUT2D eigenvalue weighted by molar-refractivity contribution is 0.102. The Hall–Kier alpha value is -2.83. The van der Waals surface area contributed by atoms with Crippen LogP contribution >= 0.6 is 0 Å². The molecule has 0 aliphatic carbocycles. The average molecular weight is 358 g/mol. The highest BCUT2D eigenvalue weighted by molar-refractivity contribution is 6.03. The van der Waals surface area contributed by atoms with Crippen LogP contribution in [0.1, 0.15) is 37.2 Å². The van der Waals surface area contributed by atoms with E-state index in [0.29, 0.717) is 28.8 Å². The van der Waals surface area contributed by atoms with E-state index in [9.17, 15) is 4.79 Å². The molecule has 1 amide bonds. The number of carbonyl (C=O) groups is 1. The predicted octanol–water partition coefficient (Wildman–Crippen LogP) is 3.37. The van der Waals surface area contributed by atoms with Crippen molar-refractivity contribution in [1.82, 2.24) is 9.97 Å². The topological polar surface area (TPSA) is 76.6 Å². The molecule has 0 fully saturated rings. The molecule has 1 N–H and O–H groups in total. The second-order valence-electron chi connectivity index (χ2n) is 5.75. The van der Waals surface area contributed by atoms with E-state index < -0.39 is 0 Å². The lowest BCUT2D eigenvalue weighted by atomic mass is 10.2. The van der Waals surface area contributed by atoms with Gasteiger partial charge >= 0.3 is 0 Å². The van der Waals surface area contributed by atoms with Crippen molar-refractivity contribution < 1.29 is 14.3 Å². The first-order valence-corrected chi connectivity index (χ1v) is 8.74. The van der Waals surface area contributed by atoms with Crippen LogP contribution in [-0.2, 0) is 0 Å². The van der Waals surface area contributed by atoms with E-state index in [2.05, 4.69) is 34.0 Å². The van der Waals surface area contributed by atoms with Crippen LogP contribution in [0.15, 0.2) is 30.5 Å². The number of nitrogens with one attached hydrogen (secondary N) is 1. The summed E-state index contributed by atoms with van der Waals surface area (Å²) < 4.78 is 10.5. The Morgan fingerprint density at radius 3 is 2.46 bits per heavy atom. The number of carbonyl (C=O) groups excluding carboxylic acids is 1. The fourth-order valence-corrected chi connectivity index (χ4v) is 2.57. The Bertz CT molecular complexity index is 730. The van der Waals surface area contributed by atoms with Crippen molar-refractivity contribution in [3.05, 3.63) is 36.2 Å². The van der Waals surface area contributed by atoms with Crippen molar-refractivity contribution in [2.24, 2.45) is 0 Å². The number of methoxy groups -OCH3 is 2. The fourth-order valence-electron chi connectivity index (χ4n) is 2.57. The summed E-state index contributed by atoms with van der Waals surface area (Å²) >= 11 is 0. The summed E-state index contributed by atoms with van der Waals surface area (Å²) in [5, 5.41) is 2.83. The van der Waals surface area contributed by atoms with Gasteiger partial charge in [0.1, 0.15) is 17.2 Å². The smallest absolute Gasteiger partial charge is 0.274 e. The lowest BCUT2D eigenvalue weighted by Crippen LogP contribution is -2.27. The van der Waals surface area contributed by atoms with Crippen LogP contribution in [0.25, 0.3) is 0 Å². The van der Waals surface area contributed by atoms with Gasteiger partial charge in [-0.15, -0.1) is 0 Å². The molecule has 26 heavy (non-hydrogen) atoms. The third-order valence-corrected chi connectivity index (χ3v) is 3.80. The van der Waals surface area contributed by atoms with E-state index in [1.165, 1.54) is 0 Å². The van der Waals surface area contributed by atoms with Crippen molar-refractivity contribution in [1.29, 1.82) is 0 Å². The van der Waals surface area contributed by atoms with Crippen molar-refractivity contribution in [2.45, 2.75) is 26.7 Å². The molecule has 0 saturated heterocycles. The Balaban J connectivity index is 2.21. The Labute approximate surface area is 154 Å². The fraction of sp³-hybridized carbons (Fsp3) is 0.421. The minimum absolute atomic E-state index is 0.310. The largest absolute Gasteiger partial charge is 0.497 e. The first-order chi connectivity index (χ1) is 12.6. The summed E-state index contributed by atoms with van der Waals surface area (Å²) in [4.78, 5) is 23.5. The van der Waals surface area contributed by atoms with Crippen LogP contribution in [0, 0.1) is 0 Å². The maximum absolute atomic E-state index is 12.6. The third-order valence-electron chi connectivity index (χ3n) is 3.80. The van der Waals surface area contributed by atoms with Gasteiger partial charge in [-0.1, -0.05) is 13.8 Å². The van der Waals surface area contributed by atoms with Crippen molar-refractivity contribution >= 4 is 17.5 Å². The van der Waals surface area contributed by atoms with Crippen LogP contribution in [0.5, 0.6) is 11.5 Å². The van der Waals surface area contributed by atoms with Gasteiger partial charge in [0, 0.05) is 25.4 Å². The Morgan fingerprint density at radius 1 is 1.12 bits per heavy atom. The Kier molecular flexibility index (Phi) is 7.20. The van der Waals surface area contributed by atoms with Crippen LogP contribution in [0.2, 0.25) is 0 Å². The van der Waals surface area contributed by atoms with E-state index in [0.717, 1.165) is 25.9 Å². The van der Waals surface area contributed by atoms with Gasteiger partial charge in [0.15, 0.2) is 0 Å². The van der Waals surface area contributed by atoms with E-state index in [-0.39, 0.29) is 5.91 Å². The number of rotatable bonds is 9. The molecule has 0 atom stereocenters. The third kappa shape index (κ3) is 4.84. The van der Waals surface area contributed by atoms with Gasteiger partial charge in [-0.25, -0.2) is 9.97 Å². The molecule has 140 valence electrons. The number of anilines is 2. The summed E-state index contributed by atoms with van der Waals surface area (Å²) in [5.41, 5.74) is 0.863. The monoisotopic (exact) mass is 358 g/mol. The first-order valence-electron chi connectivity index (χ1n) is 8.74. The van der Waals surface area contributed by atoms with Gasteiger partial charge in [-0.3, -0.25) is 4.79 Å². The number of amides is 1. The predicted molar refractivity (Wildman–Crippen MR) is 102 cm³/mol. The molecule has 0 radical (unpaired) electrons. The molecule has 1 aromatic heterocycles. The molecular weight excluding hydrogens is 332 g/mol. The van der Waals surface area contributed by atoms with Crippen molar-refractivity contribution in [3.63, 3.8) is 0 Å². The summed E-state index contributed by atoms with van der Waals surface area (Å²) in [6.07, 6.45) is 3.59. The summed E-state index contributed by atoms with van der Waals surface area (Å²) in [6.45, 7) is 5.92. The second-order valence-corrected chi connectivity index (χ2v) is 5.75. The van der Waals surface area contributed by atoms with E-state index in [1.54, 1.807) is 44.7 Å². The van der Waals surface area contributed by atoms with E-state index in [1.807, 2.05) is 0 Å². The number of ether oxygens (including phenoxy) is 2. The number of nitrogens with zero attached hydrogens (tertiary/aromatic N) is 3. The summed E-state index contributed by atoms with van der Waals surface area (Å²) in [7, 11) is 3.12. The molecule has 0 aliphatic heterocycles. The maximum atomic E-state index is 12.6. The minimum Gasteiger partial charge on any atom is -0.497 e. The molecular formula is C19H26N4O3. The van der Waals surface area contributed by atoms with Gasteiger partial charge in [0.2, 0.25) is 5.95 Å². The molecule has 7 heteroatoms. The SMILES string of the molecule is CCCN(CCC)c1nccc(C(=O)Nc2ccc(OC)cc2OC)n1. The summed E-state index contributed by atoms with van der Waals surface area (Å²) in [5.74, 6) is 1.43. The van der Waals surface area contributed by atoms with Gasteiger partial charge < -0.3 is 19.7 Å². The molecule has 0 aliphatic rings. The molecule has 2 aromatic rings. The van der Waals surface area contributed by atoms with Crippen molar-refractivity contribution in [2.75, 3.05) is 37.5 Å². The second kappa shape index (κ2) is 9.60. The summed E-state index contributed by atoms with van der Waals surface area (Å²) in [6, 6.07) is 6.81. The first kappa shape index (κ1) is 19.5. The van der Waals surface area contributed by atoms with E-state index >= 15 is 0 Å². The lowest BCUT2D eigenvalue weighted by Gasteiger charge is -2.21. The molecule has 0 saturated carbocycles. The number of hydrogen-bond acceptors (Lipinski definition) is 6.